The SMILES string of the molecule is CC[C@H]1O[C@@H](n2ccc(=O)[nH]c2=O)[C@]([13CH3])(F)[C@@H]1C. The van der Waals surface area contributed by atoms with Crippen molar-refractivity contribution in [3.05, 3.63) is 33.1 Å². The smallest absolute Gasteiger partial charge is 0.330 e. The third-order valence-corrected chi connectivity index (χ3v) is 3.74. The molecule has 1 aliphatic rings. The molecule has 5 nitrogen and oxygen atoms in total. The predicted octanol–water partition coefficient (Wildman–Crippen LogP) is 1.21. The van der Waals surface area contributed by atoms with Crippen LogP contribution in [0.1, 0.15) is 33.4 Å². The van der Waals surface area contributed by atoms with E-state index >= 15 is 0 Å². The van der Waals surface area contributed by atoms with Crippen LogP contribution in [-0.2, 0) is 4.74 Å². The van der Waals surface area contributed by atoms with Crippen LogP contribution < -0.4 is 11.2 Å². The summed E-state index contributed by atoms with van der Waals surface area (Å²) in [6.07, 6.45) is 0.717. The van der Waals surface area contributed by atoms with E-state index in [2.05, 4.69) is 4.98 Å². The highest BCUT2D eigenvalue weighted by molar-refractivity contribution is 4.98. The van der Waals surface area contributed by atoms with Gasteiger partial charge in [-0.2, -0.15) is 0 Å². The molecule has 1 saturated heterocycles. The maximum atomic E-state index is 14.7. The molecule has 2 heterocycles. The summed E-state index contributed by atoms with van der Waals surface area (Å²) >= 11 is 0. The minimum Gasteiger partial charge on any atom is -0.351 e. The first kappa shape index (κ1) is 13.0. The van der Waals surface area contributed by atoms with Crippen LogP contribution in [-0.4, -0.2) is 21.3 Å². The van der Waals surface area contributed by atoms with Crippen molar-refractivity contribution in [3.8, 4) is 0 Å². The third kappa shape index (κ3) is 1.90. The Morgan fingerprint density at radius 2 is 2.22 bits per heavy atom. The van der Waals surface area contributed by atoms with E-state index in [0.717, 1.165) is 4.57 Å². The molecule has 0 unspecified atom stereocenters. The van der Waals surface area contributed by atoms with E-state index < -0.39 is 23.1 Å². The Bertz CT molecular complexity index is 549. The summed E-state index contributed by atoms with van der Waals surface area (Å²) in [5.41, 5.74) is -2.81. The van der Waals surface area contributed by atoms with E-state index in [0.29, 0.717) is 6.42 Å². The van der Waals surface area contributed by atoms with Crippen molar-refractivity contribution in [1.82, 2.24) is 9.55 Å². The number of nitrogens with zero attached hydrogens (tertiary/aromatic N) is 1. The van der Waals surface area contributed by atoms with Crippen molar-refractivity contribution in [2.45, 2.75) is 45.2 Å². The lowest BCUT2D eigenvalue weighted by Gasteiger charge is -2.25. The number of H-pyrrole nitrogens is 1. The van der Waals surface area contributed by atoms with Crippen LogP contribution in [0.4, 0.5) is 4.39 Å². The molecule has 0 saturated carbocycles. The first-order valence-corrected chi connectivity index (χ1v) is 6.03. The predicted molar refractivity (Wildman–Crippen MR) is 64.2 cm³/mol. The maximum absolute atomic E-state index is 14.7. The summed E-state index contributed by atoms with van der Waals surface area (Å²) < 4.78 is 21.4. The van der Waals surface area contributed by atoms with Crippen LogP contribution in [0.25, 0.3) is 0 Å². The molecule has 0 aliphatic carbocycles. The van der Waals surface area contributed by atoms with E-state index in [1.807, 2.05) is 6.92 Å². The van der Waals surface area contributed by atoms with E-state index in [1.54, 1.807) is 6.92 Å². The topological polar surface area (TPSA) is 64.1 Å². The number of aromatic nitrogens is 2. The van der Waals surface area contributed by atoms with E-state index in [1.165, 1.54) is 19.2 Å². The Morgan fingerprint density at radius 1 is 1.56 bits per heavy atom. The highest BCUT2D eigenvalue weighted by atomic mass is 19.1. The van der Waals surface area contributed by atoms with Gasteiger partial charge in [0.25, 0.3) is 5.56 Å². The largest absolute Gasteiger partial charge is 0.351 e. The summed E-state index contributed by atoms with van der Waals surface area (Å²) in [5, 5.41) is 0. The first-order valence-electron chi connectivity index (χ1n) is 6.03. The number of rotatable bonds is 2. The van der Waals surface area contributed by atoms with Crippen molar-refractivity contribution >= 4 is 0 Å². The fraction of sp³-hybridized carbons (Fsp3) is 0.667. The van der Waals surface area contributed by atoms with E-state index in [-0.39, 0.29) is 12.0 Å². The van der Waals surface area contributed by atoms with Gasteiger partial charge in [-0.3, -0.25) is 14.3 Å². The van der Waals surface area contributed by atoms with Gasteiger partial charge in [-0.1, -0.05) is 13.8 Å². The lowest BCUT2D eigenvalue weighted by atomic mass is 9.93. The first-order chi connectivity index (χ1) is 8.37. The average molecular weight is 257 g/mol. The van der Waals surface area contributed by atoms with Crippen molar-refractivity contribution in [3.63, 3.8) is 0 Å². The number of aromatic amines is 1. The Balaban J connectivity index is 2.45. The van der Waals surface area contributed by atoms with Gasteiger partial charge >= 0.3 is 5.69 Å². The second-order valence-corrected chi connectivity index (χ2v) is 4.89. The van der Waals surface area contributed by atoms with Gasteiger partial charge in [-0.25, -0.2) is 9.18 Å². The van der Waals surface area contributed by atoms with Crippen LogP contribution in [0.3, 0.4) is 0 Å². The molecular formula is C12H17FN2O3. The van der Waals surface area contributed by atoms with Gasteiger partial charge in [-0.05, 0) is 13.3 Å². The normalized spacial score (nSPS) is 35.9. The molecule has 6 heteroatoms. The van der Waals surface area contributed by atoms with E-state index in [4.69, 9.17) is 4.74 Å². The lowest BCUT2D eigenvalue weighted by molar-refractivity contribution is -0.0502. The van der Waals surface area contributed by atoms with Gasteiger partial charge in [0, 0.05) is 18.2 Å². The Morgan fingerprint density at radius 3 is 2.72 bits per heavy atom. The van der Waals surface area contributed by atoms with Crippen LogP contribution in [0, 0.1) is 5.92 Å². The molecule has 2 rings (SSSR count). The maximum Gasteiger partial charge on any atom is 0.330 e. The molecule has 1 aliphatic heterocycles. The average Bonchev–Trinajstić information content (AvgIpc) is 2.52. The minimum absolute atomic E-state index is 0.233. The lowest BCUT2D eigenvalue weighted by Crippen LogP contribution is -2.40. The second-order valence-electron chi connectivity index (χ2n) is 4.89. The number of halogens is 1. The van der Waals surface area contributed by atoms with Crippen molar-refractivity contribution in [2.75, 3.05) is 0 Å². The quantitative estimate of drug-likeness (QED) is 0.810. The highest BCUT2D eigenvalue weighted by Crippen LogP contribution is 2.45. The zero-order chi connectivity index (χ0) is 13.5. The summed E-state index contributed by atoms with van der Waals surface area (Å²) in [4.78, 5) is 24.8. The van der Waals surface area contributed by atoms with Crippen LogP contribution in [0.5, 0.6) is 0 Å². The Kier molecular flexibility index (Phi) is 3.14. The zero-order valence-electron chi connectivity index (χ0n) is 10.6. The molecule has 4 atom stereocenters. The number of nitrogens with one attached hydrogen (secondary N) is 1. The minimum atomic E-state index is -1.65. The number of hydrogen-bond acceptors (Lipinski definition) is 3. The molecule has 1 aromatic heterocycles. The van der Waals surface area contributed by atoms with Gasteiger partial charge in [0.15, 0.2) is 11.9 Å². The Hall–Kier alpha value is -1.43. The second kappa shape index (κ2) is 4.35. The molecule has 18 heavy (non-hydrogen) atoms. The number of alkyl halides is 1. The molecule has 1 fully saturated rings. The van der Waals surface area contributed by atoms with Crippen molar-refractivity contribution < 1.29 is 9.13 Å². The van der Waals surface area contributed by atoms with Crippen molar-refractivity contribution in [1.29, 1.82) is 0 Å². The molecule has 0 aromatic carbocycles. The van der Waals surface area contributed by atoms with E-state index in [9.17, 15) is 14.0 Å². The van der Waals surface area contributed by atoms with Gasteiger partial charge < -0.3 is 4.74 Å². The fourth-order valence-corrected chi connectivity index (χ4v) is 2.40. The molecule has 0 radical (unpaired) electrons. The van der Waals surface area contributed by atoms with Crippen LogP contribution >= 0.6 is 0 Å². The van der Waals surface area contributed by atoms with Gasteiger partial charge in [0.05, 0.1) is 6.10 Å². The fourth-order valence-electron chi connectivity index (χ4n) is 2.40. The monoisotopic (exact) mass is 257 g/mol. The van der Waals surface area contributed by atoms with Crippen LogP contribution in [0.15, 0.2) is 21.9 Å². The molecule has 0 amide bonds. The third-order valence-electron chi connectivity index (χ3n) is 3.74. The Labute approximate surface area is 104 Å². The number of hydrogen-bond donors (Lipinski definition) is 1. The highest BCUT2D eigenvalue weighted by Gasteiger charge is 2.52. The zero-order valence-corrected chi connectivity index (χ0v) is 10.6. The summed E-state index contributed by atoms with van der Waals surface area (Å²) in [5.74, 6) is -0.314. The van der Waals surface area contributed by atoms with Gasteiger partial charge in [-0.15, -0.1) is 0 Å². The molecule has 100 valence electrons. The number of ether oxygens (including phenoxy) is 1. The van der Waals surface area contributed by atoms with Gasteiger partial charge in [0.1, 0.15) is 0 Å². The molecular weight excluding hydrogens is 240 g/mol. The summed E-state index contributed by atoms with van der Waals surface area (Å²) in [7, 11) is 0. The molecule has 1 aromatic rings. The van der Waals surface area contributed by atoms with Crippen LogP contribution in [0.2, 0.25) is 0 Å². The molecule has 0 bridgehead atoms. The molecule has 0 spiro atoms. The summed E-state index contributed by atoms with van der Waals surface area (Å²) in [6.45, 7) is 5.11. The van der Waals surface area contributed by atoms with Crippen molar-refractivity contribution in [2.24, 2.45) is 5.92 Å². The van der Waals surface area contributed by atoms with Gasteiger partial charge in [0.2, 0.25) is 0 Å². The molecule has 1 N–H and O–H groups in total. The standard InChI is InChI=1S/C12H17FN2O3/c1-4-8-7(2)12(3,13)10(18-8)15-6-5-9(16)14-11(15)17/h5-8,10H,4H2,1-3H3,(H,14,16,17)/t7-,8-,10-,12-/m1/s1/i3+1. The summed E-state index contributed by atoms with van der Waals surface area (Å²) in [6, 6.07) is 1.19.